The molecule has 27 heavy (non-hydrogen) atoms. The second kappa shape index (κ2) is 20.7. The van der Waals surface area contributed by atoms with E-state index in [1.165, 1.54) is 51.4 Å². The van der Waals surface area contributed by atoms with E-state index in [2.05, 4.69) is 6.92 Å². The zero-order valence-electron chi connectivity index (χ0n) is 18.3. The normalized spacial score (nSPS) is 12.0. The van der Waals surface area contributed by atoms with Gasteiger partial charge in [0.25, 0.3) is 0 Å². The van der Waals surface area contributed by atoms with Crippen molar-refractivity contribution in [1.29, 1.82) is 0 Å². The largest absolute Gasteiger partial charge is 0.501 e. The third-order valence-electron chi connectivity index (χ3n) is 4.41. The summed E-state index contributed by atoms with van der Waals surface area (Å²) in [6, 6.07) is 0.833. The molecule has 0 aliphatic rings. The minimum Gasteiger partial charge on any atom is -0.382 e. The van der Waals surface area contributed by atoms with Gasteiger partial charge in [-0.15, -0.1) is 0 Å². The predicted octanol–water partition coefficient (Wildman–Crippen LogP) is 4.45. The number of unbranched alkanes of at least 4 members (excludes halogenated alkanes) is 8. The van der Waals surface area contributed by atoms with Gasteiger partial charge in [-0.25, -0.2) is 0 Å². The van der Waals surface area contributed by atoms with Gasteiger partial charge in [-0.1, -0.05) is 58.3 Å². The van der Waals surface area contributed by atoms with E-state index >= 15 is 0 Å². The average Bonchev–Trinajstić information content (AvgIpc) is 2.67. The van der Waals surface area contributed by atoms with Crippen LogP contribution in [0, 0.1) is 0 Å². The third-order valence-corrected chi connectivity index (χ3v) is 7.31. The summed E-state index contributed by atoms with van der Waals surface area (Å²) in [5, 5.41) is 0. The van der Waals surface area contributed by atoms with E-state index in [1.54, 1.807) is 21.3 Å². The first kappa shape index (κ1) is 27.0. The molecule has 0 aliphatic heterocycles. The number of rotatable bonds is 22. The Bertz CT molecular complexity index is 267. The van der Waals surface area contributed by atoms with Gasteiger partial charge >= 0.3 is 8.80 Å². The second-order valence-corrected chi connectivity index (χ2v) is 9.52. The van der Waals surface area contributed by atoms with Crippen molar-refractivity contribution in [3.05, 3.63) is 0 Å². The van der Waals surface area contributed by atoms with E-state index in [1.807, 2.05) is 0 Å². The maximum Gasteiger partial charge on any atom is 0.501 e. The zero-order chi connectivity index (χ0) is 20.1. The Morgan fingerprint density at radius 2 is 0.852 bits per heavy atom. The highest BCUT2D eigenvalue weighted by Crippen LogP contribution is 2.21. The van der Waals surface area contributed by atoms with Crippen LogP contribution in [0.25, 0.3) is 0 Å². The van der Waals surface area contributed by atoms with Gasteiger partial charge in [0, 0.05) is 27.4 Å². The molecule has 6 nitrogen and oxygen atoms in total. The molecule has 0 rings (SSSR count). The molecule has 0 radical (unpaired) electrons. The van der Waals surface area contributed by atoms with Gasteiger partial charge in [0.15, 0.2) is 0 Å². The fourth-order valence-corrected chi connectivity index (χ4v) is 5.38. The monoisotopic (exact) mass is 408 g/mol. The summed E-state index contributed by atoms with van der Waals surface area (Å²) in [5.41, 5.74) is 0. The maximum atomic E-state index is 6.09. The summed E-state index contributed by atoms with van der Waals surface area (Å²) < 4.78 is 33.7. The molecule has 164 valence electrons. The summed E-state index contributed by atoms with van der Waals surface area (Å²) in [4.78, 5) is 0. The predicted molar refractivity (Wildman–Crippen MR) is 111 cm³/mol. The topological polar surface area (TPSA) is 55.4 Å². The summed E-state index contributed by atoms with van der Waals surface area (Å²) in [6.45, 7) is 5.32. The van der Waals surface area contributed by atoms with Gasteiger partial charge in [0.05, 0.1) is 39.6 Å². The number of ether oxygens (including phenoxy) is 3. The Kier molecular flexibility index (Phi) is 20.7. The van der Waals surface area contributed by atoms with Gasteiger partial charge < -0.3 is 27.5 Å². The lowest BCUT2D eigenvalue weighted by Gasteiger charge is -2.29. The minimum absolute atomic E-state index is 0.486. The first-order chi connectivity index (χ1) is 13.2. The second-order valence-electron chi connectivity index (χ2n) is 6.79. The molecule has 0 saturated heterocycles. The molecule has 0 aromatic heterocycles. The molecule has 0 amide bonds. The van der Waals surface area contributed by atoms with Crippen molar-refractivity contribution in [1.82, 2.24) is 0 Å². The molecular formula is C20H44O6Si. The summed E-state index contributed by atoms with van der Waals surface area (Å²) >= 11 is 0. The van der Waals surface area contributed by atoms with Crippen molar-refractivity contribution in [2.24, 2.45) is 0 Å². The quantitative estimate of drug-likeness (QED) is 0.195. The van der Waals surface area contributed by atoms with Crippen LogP contribution < -0.4 is 0 Å². The molecule has 0 aromatic rings. The molecule has 0 atom stereocenters. The van der Waals surface area contributed by atoms with E-state index in [4.69, 9.17) is 27.5 Å². The first-order valence-electron chi connectivity index (χ1n) is 10.6. The van der Waals surface area contributed by atoms with Crippen LogP contribution in [0.1, 0.15) is 64.7 Å². The van der Waals surface area contributed by atoms with E-state index in [9.17, 15) is 0 Å². The molecule has 0 aliphatic carbocycles. The summed E-state index contributed by atoms with van der Waals surface area (Å²) in [5.74, 6) is 0. The lowest BCUT2D eigenvalue weighted by atomic mass is 10.1. The van der Waals surface area contributed by atoms with Crippen LogP contribution >= 0.6 is 0 Å². The van der Waals surface area contributed by atoms with Crippen molar-refractivity contribution in [3.63, 3.8) is 0 Å². The maximum absolute atomic E-state index is 6.09. The van der Waals surface area contributed by atoms with Gasteiger partial charge in [0.1, 0.15) is 0 Å². The highest BCUT2D eigenvalue weighted by atomic mass is 28.4. The van der Waals surface area contributed by atoms with E-state index in [0.717, 1.165) is 12.5 Å². The lowest BCUT2D eigenvalue weighted by molar-refractivity contribution is 0.0142. The Morgan fingerprint density at radius 3 is 1.22 bits per heavy atom. The number of hydrogen-bond acceptors (Lipinski definition) is 6. The smallest absolute Gasteiger partial charge is 0.382 e. The first-order valence-corrected chi connectivity index (χ1v) is 12.6. The fraction of sp³-hybridized carbons (Fsp3) is 1.00. The van der Waals surface area contributed by atoms with Gasteiger partial charge in [-0.2, -0.15) is 0 Å². The van der Waals surface area contributed by atoms with Crippen molar-refractivity contribution in [2.45, 2.75) is 70.8 Å². The molecule has 0 spiro atoms. The lowest BCUT2D eigenvalue weighted by Crippen LogP contribution is -2.48. The zero-order valence-corrected chi connectivity index (χ0v) is 19.3. The molecular weight excluding hydrogens is 364 g/mol. The number of hydrogen-bond donors (Lipinski definition) is 0. The molecule has 0 saturated carbocycles. The highest BCUT2D eigenvalue weighted by Gasteiger charge is 2.40. The molecule has 0 fully saturated rings. The highest BCUT2D eigenvalue weighted by molar-refractivity contribution is 6.60. The SMILES string of the molecule is CCCCCCCCCCC[Si](OCCOC)(OCCOC)OCCOC. The molecule has 0 heterocycles. The van der Waals surface area contributed by atoms with Crippen molar-refractivity contribution in [3.8, 4) is 0 Å². The molecule has 0 aromatic carbocycles. The summed E-state index contributed by atoms with van der Waals surface area (Å²) in [7, 11) is 2.28. The van der Waals surface area contributed by atoms with Crippen molar-refractivity contribution < 1.29 is 27.5 Å². The standard InChI is InChI=1S/C20H44O6Si/c1-5-6-7-8-9-10-11-12-13-20-27(24-17-14-21-2,25-18-15-22-3)26-19-16-23-4/h5-20H2,1-4H3. The summed E-state index contributed by atoms with van der Waals surface area (Å²) in [6.07, 6.45) is 11.6. The fourth-order valence-electron chi connectivity index (χ4n) is 2.84. The molecule has 0 N–H and O–H groups in total. The number of methoxy groups -OCH3 is 3. The van der Waals surface area contributed by atoms with Crippen LogP contribution in [0.3, 0.4) is 0 Å². The molecule has 7 heteroatoms. The van der Waals surface area contributed by atoms with Crippen LogP contribution in [0.4, 0.5) is 0 Å². The van der Waals surface area contributed by atoms with Gasteiger partial charge in [0.2, 0.25) is 0 Å². The Morgan fingerprint density at radius 1 is 0.481 bits per heavy atom. The molecule has 0 unspecified atom stereocenters. The Hall–Kier alpha value is -0.0231. The Balaban J connectivity index is 4.32. The van der Waals surface area contributed by atoms with Crippen LogP contribution in [-0.2, 0) is 27.5 Å². The minimum atomic E-state index is -2.73. The van der Waals surface area contributed by atoms with E-state index in [-0.39, 0.29) is 0 Å². The average molecular weight is 409 g/mol. The van der Waals surface area contributed by atoms with Crippen LogP contribution in [-0.4, -0.2) is 69.8 Å². The molecule has 0 bridgehead atoms. The van der Waals surface area contributed by atoms with Crippen LogP contribution in [0.15, 0.2) is 0 Å². The van der Waals surface area contributed by atoms with Gasteiger partial charge in [-0.3, -0.25) is 0 Å². The van der Waals surface area contributed by atoms with Crippen LogP contribution in [0.2, 0.25) is 6.04 Å². The van der Waals surface area contributed by atoms with Crippen molar-refractivity contribution >= 4 is 8.80 Å². The van der Waals surface area contributed by atoms with E-state index < -0.39 is 8.80 Å². The van der Waals surface area contributed by atoms with Crippen LogP contribution in [0.5, 0.6) is 0 Å². The van der Waals surface area contributed by atoms with E-state index in [0.29, 0.717) is 39.6 Å². The third kappa shape index (κ3) is 16.6. The Labute approximate surface area is 168 Å². The van der Waals surface area contributed by atoms with Gasteiger partial charge in [-0.05, 0) is 6.42 Å². The van der Waals surface area contributed by atoms with Crippen molar-refractivity contribution in [2.75, 3.05) is 61.0 Å².